The van der Waals surface area contributed by atoms with Crippen molar-refractivity contribution >= 4 is 36.6 Å². The molecule has 1 saturated heterocycles. The van der Waals surface area contributed by atoms with Crippen molar-refractivity contribution in [3.63, 3.8) is 0 Å². The molecule has 0 aromatic heterocycles. The average molecular weight is 459 g/mol. The van der Waals surface area contributed by atoms with Crippen molar-refractivity contribution in [3.05, 3.63) is 35.9 Å². The van der Waals surface area contributed by atoms with E-state index in [4.69, 9.17) is 5.73 Å². The summed E-state index contributed by atoms with van der Waals surface area (Å²) in [5, 5.41) is 3.20. The van der Waals surface area contributed by atoms with E-state index in [0.29, 0.717) is 44.7 Å². The van der Waals surface area contributed by atoms with Gasteiger partial charge >= 0.3 is 0 Å². The molecule has 0 spiro atoms. The molecule has 3 N–H and O–H groups in total. The Morgan fingerprint density at radius 2 is 1.73 bits per heavy atom. The number of nitrogens with two attached hydrogens (primary N) is 1. The number of nitrogens with one attached hydrogen (secondary N) is 1. The van der Waals surface area contributed by atoms with Gasteiger partial charge in [0.1, 0.15) is 5.54 Å². The lowest BCUT2D eigenvalue weighted by Gasteiger charge is -2.38. The van der Waals surface area contributed by atoms with E-state index in [1.807, 2.05) is 35.2 Å². The first-order valence-electron chi connectivity index (χ1n) is 10.5. The van der Waals surface area contributed by atoms with Crippen LogP contribution in [-0.2, 0) is 15.1 Å². The van der Waals surface area contributed by atoms with E-state index < -0.39 is 5.54 Å². The van der Waals surface area contributed by atoms with Crippen LogP contribution in [0.5, 0.6) is 0 Å². The summed E-state index contributed by atoms with van der Waals surface area (Å²) in [6.07, 6.45) is 4.65. The van der Waals surface area contributed by atoms with Crippen molar-refractivity contribution in [1.82, 2.24) is 15.1 Å². The average Bonchev–Trinajstić information content (AvgIpc) is 2.68. The molecule has 1 aromatic rings. The van der Waals surface area contributed by atoms with E-state index in [-0.39, 0.29) is 36.6 Å². The third kappa shape index (κ3) is 6.84. The molecule has 3 unspecified atom stereocenters. The summed E-state index contributed by atoms with van der Waals surface area (Å²) >= 11 is 0. The Bertz CT molecular complexity index is 679. The molecule has 170 valence electrons. The lowest BCUT2D eigenvalue weighted by molar-refractivity contribution is -0.138. The van der Waals surface area contributed by atoms with Crippen molar-refractivity contribution in [1.29, 1.82) is 0 Å². The quantitative estimate of drug-likeness (QED) is 0.710. The van der Waals surface area contributed by atoms with Gasteiger partial charge in [0.05, 0.1) is 6.54 Å². The SMILES string of the molecule is CC1CCCC(NC(=O)CN2CCN(C(=O)C(C)(N)c3ccccc3)CC2)C1.Cl.Cl. The predicted octanol–water partition coefficient (Wildman–Crippen LogP) is 2.54. The number of piperazine rings is 1. The molecule has 30 heavy (non-hydrogen) atoms. The number of hydrogen-bond donors (Lipinski definition) is 2. The lowest BCUT2D eigenvalue weighted by Crippen LogP contribution is -2.57. The molecule has 2 fully saturated rings. The van der Waals surface area contributed by atoms with Gasteiger partial charge in [-0.3, -0.25) is 14.5 Å². The zero-order valence-electron chi connectivity index (χ0n) is 18.0. The minimum atomic E-state index is -1.03. The maximum atomic E-state index is 12.9. The van der Waals surface area contributed by atoms with Gasteiger partial charge in [-0.1, -0.05) is 50.1 Å². The number of halogens is 2. The van der Waals surface area contributed by atoms with E-state index in [0.717, 1.165) is 18.4 Å². The fraction of sp³-hybridized carbons (Fsp3) is 0.636. The molecule has 3 rings (SSSR count). The minimum Gasteiger partial charge on any atom is -0.352 e. The smallest absolute Gasteiger partial charge is 0.247 e. The van der Waals surface area contributed by atoms with E-state index in [2.05, 4.69) is 17.1 Å². The van der Waals surface area contributed by atoms with Crippen LogP contribution in [0.1, 0.15) is 45.1 Å². The fourth-order valence-electron chi connectivity index (χ4n) is 4.39. The van der Waals surface area contributed by atoms with E-state index in [1.165, 1.54) is 12.8 Å². The minimum absolute atomic E-state index is 0. The number of hydrogen-bond acceptors (Lipinski definition) is 4. The van der Waals surface area contributed by atoms with Gasteiger partial charge in [0, 0.05) is 32.2 Å². The van der Waals surface area contributed by atoms with Crippen LogP contribution in [0.15, 0.2) is 30.3 Å². The largest absolute Gasteiger partial charge is 0.352 e. The highest BCUT2D eigenvalue weighted by Crippen LogP contribution is 2.24. The van der Waals surface area contributed by atoms with E-state index in [1.54, 1.807) is 6.92 Å². The summed E-state index contributed by atoms with van der Waals surface area (Å²) in [6.45, 7) is 7.05. The number of rotatable bonds is 5. The molecule has 2 amide bonds. The van der Waals surface area contributed by atoms with Gasteiger partial charge in [-0.15, -0.1) is 24.8 Å². The van der Waals surface area contributed by atoms with Gasteiger partial charge in [-0.25, -0.2) is 0 Å². The van der Waals surface area contributed by atoms with Crippen LogP contribution in [-0.4, -0.2) is 60.4 Å². The normalized spacial score (nSPS) is 24.0. The van der Waals surface area contributed by atoms with Gasteiger partial charge in [0.2, 0.25) is 11.8 Å². The molecule has 0 radical (unpaired) electrons. The second-order valence-corrected chi connectivity index (χ2v) is 8.67. The molecule has 1 heterocycles. The van der Waals surface area contributed by atoms with Crippen LogP contribution in [0.3, 0.4) is 0 Å². The van der Waals surface area contributed by atoms with Gasteiger partial charge in [-0.2, -0.15) is 0 Å². The van der Waals surface area contributed by atoms with Crippen LogP contribution in [0.2, 0.25) is 0 Å². The Morgan fingerprint density at radius 1 is 1.10 bits per heavy atom. The monoisotopic (exact) mass is 458 g/mol. The van der Waals surface area contributed by atoms with Gasteiger partial charge < -0.3 is 16.0 Å². The molecule has 6 nitrogen and oxygen atoms in total. The first-order valence-corrected chi connectivity index (χ1v) is 10.5. The highest BCUT2D eigenvalue weighted by Gasteiger charge is 2.36. The zero-order valence-corrected chi connectivity index (χ0v) is 19.6. The molecule has 1 aliphatic carbocycles. The van der Waals surface area contributed by atoms with Crippen LogP contribution < -0.4 is 11.1 Å². The van der Waals surface area contributed by atoms with Gasteiger partial charge in [0.25, 0.3) is 0 Å². The molecule has 3 atom stereocenters. The highest BCUT2D eigenvalue weighted by molar-refractivity contribution is 5.87. The highest BCUT2D eigenvalue weighted by atomic mass is 35.5. The van der Waals surface area contributed by atoms with Gasteiger partial charge in [0.15, 0.2) is 0 Å². The van der Waals surface area contributed by atoms with Crippen LogP contribution in [0.4, 0.5) is 0 Å². The van der Waals surface area contributed by atoms with Crippen molar-refractivity contribution in [3.8, 4) is 0 Å². The summed E-state index contributed by atoms with van der Waals surface area (Å²) in [5.41, 5.74) is 6.17. The summed E-state index contributed by atoms with van der Waals surface area (Å²) in [6, 6.07) is 9.83. The standard InChI is InChI=1S/C22H34N4O2.2ClH/c1-17-7-6-10-19(15-17)24-20(27)16-25-11-13-26(14-12-25)21(28)22(2,23)18-8-4-3-5-9-18;;/h3-5,8-9,17,19H,6-7,10-16,23H2,1-2H3,(H,24,27);2*1H. The third-order valence-electron chi connectivity index (χ3n) is 6.15. The van der Waals surface area contributed by atoms with E-state index in [9.17, 15) is 9.59 Å². The maximum absolute atomic E-state index is 12.9. The second kappa shape index (κ2) is 11.9. The summed E-state index contributed by atoms with van der Waals surface area (Å²) in [4.78, 5) is 29.3. The summed E-state index contributed by atoms with van der Waals surface area (Å²) in [7, 11) is 0. The molecular formula is C22H36Cl2N4O2. The second-order valence-electron chi connectivity index (χ2n) is 8.67. The molecule has 8 heteroatoms. The lowest BCUT2D eigenvalue weighted by atomic mass is 9.87. The van der Waals surface area contributed by atoms with Crippen LogP contribution in [0, 0.1) is 5.92 Å². The zero-order chi connectivity index (χ0) is 20.1. The maximum Gasteiger partial charge on any atom is 0.247 e. The van der Waals surface area contributed by atoms with Crippen molar-refractivity contribution in [2.75, 3.05) is 32.7 Å². The number of nitrogens with zero attached hydrogens (tertiary/aromatic N) is 2. The Balaban J connectivity index is 0.00000225. The summed E-state index contributed by atoms with van der Waals surface area (Å²) in [5.74, 6) is 0.745. The van der Waals surface area contributed by atoms with Crippen molar-refractivity contribution < 1.29 is 9.59 Å². The molecule has 1 saturated carbocycles. The van der Waals surface area contributed by atoms with Crippen LogP contribution >= 0.6 is 24.8 Å². The number of amides is 2. The predicted molar refractivity (Wildman–Crippen MR) is 125 cm³/mol. The van der Waals surface area contributed by atoms with Gasteiger partial charge in [-0.05, 0) is 31.2 Å². The Morgan fingerprint density at radius 3 is 2.33 bits per heavy atom. The number of carbonyl (C=O) groups excluding carboxylic acids is 2. The van der Waals surface area contributed by atoms with E-state index >= 15 is 0 Å². The fourth-order valence-corrected chi connectivity index (χ4v) is 4.39. The Labute approximate surface area is 192 Å². The molecular weight excluding hydrogens is 423 g/mol. The first kappa shape index (κ1) is 26.7. The summed E-state index contributed by atoms with van der Waals surface area (Å²) < 4.78 is 0. The molecule has 2 aliphatic rings. The molecule has 1 aliphatic heterocycles. The Hall–Kier alpha value is -1.34. The third-order valence-corrected chi connectivity index (χ3v) is 6.15. The van der Waals surface area contributed by atoms with Crippen molar-refractivity contribution in [2.45, 2.75) is 51.1 Å². The number of benzene rings is 1. The first-order chi connectivity index (χ1) is 13.4. The Kier molecular flexibility index (Phi) is 10.6. The number of carbonyl (C=O) groups is 2. The topological polar surface area (TPSA) is 78.7 Å². The molecule has 0 bridgehead atoms. The van der Waals surface area contributed by atoms with Crippen molar-refractivity contribution in [2.24, 2.45) is 11.7 Å². The molecule has 1 aromatic carbocycles. The van der Waals surface area contributed by atoms with Crippen LogP contribution in [0.25, 0.3) is 0 Å².